The number of guanidine groups is 1. The molecule has 0 aromatic heterocycles. The zero-order chi connectivity index (χ0) is 30.0. The van der Waals surface area contributed by atoms with Crippen molar-refractivity contribution >= 4 is 28.5 Å². The van der Waals surface area contributed by atoms with Crippen molar-refractivity contribution in [2.24, 2.45) is 22.4 Å². The van der Waals surface area contributed by atoms with Crippen LogP contribution in [-0.4, -0.2) is 60.9 Å². The van der Waals surface area contributed by atoms with Gasteiger partial charge >= 0.3 is 0 Å². The molecule has 43 heavy (non-hydrogen) atoms. The number of hydrogen-bond donors (Lipinski definition) is 4. The topological polar surface area (TPSA) is 126 Å². The molecule has 224 valence electrons. The molecule has 5 rings (SSSR count). The maximum atomic E-state index is 14.0. The molecule has 1 aliphatic heterocycles. The number of hydrogen-bond acceptors (Lipinski definition) is 4. The first-order chi connectivity index (χ1) is 21.0. The number of amides is 2. The lowest BCUT2D eigenvalue weighted by molar-refractivity contribution is -0.133. The summed E-state index contributed by atoms with van der Waals surface area (Å²) in [7, 11) is 0. The maximum Gasteiger partial charge on any atom is 0.251 e. The summed E-state index contributed by atoms with van der Waals surface area (Å²) in [5.41, 5.74) is 12.9. The molecule has 1 saturated heterocycles. The number of benzene rings is 3. The Labute approximate surface area is 253 Å². The molecule has 2 unspecified atom stereocenters. The van der Waals surface area contributed by atoms with Gasteiger partial charge in [-0.05, 0) is 60.1 Å². The number of nitrogens with two attached hydrogens (primary N) is 2. The predicted molar refractivity (Wildman–Crippen MR) is 174 cm³/mol. The lowest BCUT2D eigenvalue weighted by Gasteiger charge is -2.32. The molecule has 2 aliphatic rings. The molecule has 8 heteroatoms. The fourth-order valence-corrected chi connectivity index (χ4v) is 6.11. The second kappa shape index (κ2) is 14.6. The molecule has 4 atom stereocenters. The van der Waals surface area contributed by atoms with Crippen LogP contribution in [0.2, 0.25) is 0 Å². The van der Waals surface area contributed by atoms with Crippen LogP contribution in [0.1, 0.15) is 47.5 Å². The van der Waals surface area contributed by atoms with Crippen LogP contribution in [0.3, 0.4) is 0 Å². The van der Waals surface area contributed by atoms with Gasteiger partial charge in [0.2, 0.25) is 5.91 Å². The maximum absolute atomic E-state index is 14.0. The third-order valence-electron chi connectivity index (χ3n) is 8.44. The lowest BCUT2D eigenvalue weighted by Crippen LogP contribution is -2.49. The predicted octanol–water partition coefficient (Wildman–Crippen LogP) is 4.10. The van der Waals surface area contributed by atoms with Crippen molar-refractivity contribution < 1.29 is 9.59 Å². The average molecular weight is 579 g/mol. The summed E-state index contributed by atoms with van der Waals surface area (Å²) in [5, 5.41) is 8.81. The minimum Gasteiger partial charge on any atom is -0.370 e. The van der Waals surface area contributed by atoms with Crippen LogP contribution in [-0.2, 0) is 4.79 Å². The molecule has 0 radical (unpaired) electrons. The van der Waals surface area contributed by atoms with Crippen molar-refractivity contribution in [3.8, 4) is 0 Å². The van der Waals surface area contributed by atoms with E-state index >= 15 is 0 Å². The summed E-state index contributed by atoms with van der Waals surface area (Å²) in [5.74, 6) is 0.512. The minimum absolute atomic E-state index is 0.0522. The van der Waals surface area contributed by atoms with Crippen molar-refractivity contribution in [1.82, 2.24) is 15.5 Å². The van der Waals surface area contributed by atoms with E-state index in [2.05, 4.69) is 64.2 Å². The molecular weight excluding hydrogens is 536 g/mol. The Bertz CT molecular complexity index is 1480. The number of carbonyl (C=O) groups is 2. The molecule has 8 nitrogen and oxygen atoms in total. The monoisotopic (exact) mass is 578 g/mol. The first kappa shape index (κ1) is 30.0. The van der Waals surface area contributed by atoms with Crippen LogP contribution >= 0.6 is 0 Å². The quantitative estimate of drug-likeness (QED) is 0.155. The van der Waals surface area contributed by atoms with Gasteiger partial charge in [-0.3, -0.25) is 14.6 Å². The van der Waals surface area contributed by atoms with Crippen LogP contribution in [0.15, 0.2) is 102 Å². The van der Waals surface area contributed by atoms with E-state index in [9.17, 15) is 9.59 Å². The highest BCUT2D eigenvalue weighted by molar-refractivity contribution is 5.98. The lowest BCUT2D eigenvalue weighted by atomic mass is 9.81. The summed E-state index contributed by atoms with van der Waals surface area (Å²) in [6.45, 7) is 2.13. The minimum atomic E-state index is -0.391. The zero-order valence-electron chi connectivity index (χ0n) is 24.6. The fourth-order valence-electron chi connectivity index (χ4n) is 6.11. The highest BCUT2D eigenvalue weighted by Gasteiger charge is 2.33. The Morgan fingerprint density at radius 2 is 1.81 bits per heavy atom. The second-order valence-corrected chi connectivity index (χ2v) is 11.4. The number of rotatable bonds is 11. The van der Waals surface area contributed by atoms with E-state index in [0.717, 1.165) is 23.6 Å². The Morgan fingerprint density at radius 1 is 1.02 bits per heavy atom. The van der Waals surface area contributed by atoms with Gasteiger partial charge in [0.25, 0.3) is 5.91 Å². The Morgan fingerprint density at radius 3 is 2.58 bits per heavy atom. The van der Waals surface area contributed by atoms with Crippen LogP contribution < -0.4 is 22.1 Å². The molecule has 6 N–H and O–H groups in total. The summed E-state index contributed by atoms with van der Waals surface area (Å²) < 4.78 is 0. The van der Waals surface area contributed by atoms with Crippen molar-refractivity contribution in [1.29, 1.82) is 0 Å². The highest BCUT2D eigenvalue weighted by Crippen LogP contribution is 2.32. The molecule has 3 aromatic carbocycles. The standard InChI is InChI=1S/C35H42N6O2/c36-35(37)38-20-9-16-32-34(43)41(24-31(26-11-3-1-4-12-26)27-13-5-2-6-14-27)21-19-30(40-32)23-39-33(42)29-18-17-25-10-7-8-15-28(25)22-29/h1-8,10-13,15,17-18,22,27,30-32,40H,9,14,16,19-21,23-24H2,(H,39,42)(H4,36,37,38)/t27?,30-,31?,32-/m1/s1. The van der Waals surface area contributed by atoms with Crippen molar-refractivity contribution in [3.05, 3.63) is 108 Å². The molecule has 1 heterocycles. The van der Waals surface area contributed by atoms with E-state index in [4.69, 9.17) is 11.5 Å². The van der Waals surface area contributed by atoms with Gasteiger partial charge in [-0.25, -0.2) is 0 Å². The van der Waals surface area contributed by atoms with Gasteiger partial charge in [0.15, 0.2) is 5.96 Å². The zero-order valence-corrected chi connectivity index (χ0v) is 24.6. The molecule has 0 saturated carbocycles. The van der Waals surface area contributed by atoms with Crippen LogP contribution in [0, 0.1) is 5.92 Å². The van der Waals surface area contributed by atoms with Gasteiger partial charge in [-0.2, -0.15) is 0 Å². The number of carbonyl (C=O) groups excluding carboxylic acids is 2. The smallest absolute Gasteiger partial charge is 0.251 e. The van der Waals surface area contributed by atoms with Gasteiger partial charge in [-0.15, -0.1) is 0 Å². The average Bonchev–Trinajstić information content (AvgIpc) is 3.19. The largest absolute Gasteiger partial charge is 0.370 e. The third kappa shape index (κ3) is 8.11. The summed E-state index contributed by atoms with van der Waals surface area (Å²) >= 11 is 0. The van der Waals surface area contributed by atoms with Crippen molar-refractivity contribution in [3.63, 3.8) is 0 Å². The van der Waals surface area contributed by atoms with E-state index in [-0.39, 0.29) is 29.7 Å². The normalized spacial score (nSPS) is 20.9. The summed E-state index contributed by atoms with van der Waals surface area (Å²) in [6, 6.07) is 23.8. The van der Waals surface area contributed by atoms with Gasteiger partial charge in [-0.1, -0.05) is 85.0 Å². The van der Waals surface area contributed by atoms with Crippen LogP contribution in [0.4, 0.5) is 0 Å². The van der Waals surface area contributed by atoms with E-state index in [0.29, 0.717) is 50.5 Å². The molecule has 1 fully saturated rings. The molecule has 1 aliphatic carbocycles. The first-order valence-corrected chi connectivity index (χ1v) is 15.2. The van der Waals surface area contributed by atoms with E-state index < -0.39 is 6.04 Å². The number of nitrogens with one attached hydrogen (secondary N) is 2. The van der Waals surface area contributed by atoms with Gasteiger partial charge in [0, 0.05) is 43.7 Å². The second-order valence-electron chi connectivity index (χ2n) is 11.4. The van der Waals surface area contributed by atoms with Crippen molar-refractivity contribution in [2.75, 3.05) is 26.2 Å². The molecule has 3 aromatic rings. The molecular formula is C35H42N6O2. The molecule has 0 spiro atoms. The molecule has 2 amide bonds. The third-order valence-corrected chi connectivity index (χ3v) is 8.44. The van der Waals surface area contributed by atoms with Crippen LogP contribution in [0.25, 0.3) is 10.8 Å². The number of allylic oxidation sites excluding steroid dienone is 4. The Balaban J connectivity index is 1.30. The summed E-state index contributed by atoms with van der Waals surface area (Å²) in [6.07, 6.45) is 11.6. The van der Waals surface area contributed by atoms with Crippen LogP contribution in [0.5, 0.6) is 0 Å². The Kier molecular flexibility index (Phi) is 10.2. The fraction of sp³-hybridized carbons (Fsp3) is 0.343. The number of fused-ring (bicyclic) bond motifs is 1. The van der Waals surface area contributed by atoms with E-state index in [1.807, 2.05) is 53.4 Å². The van der Waals surface area contributed by atoms with Gasteiger partial charge in [0.05, 0.1) is 6.04 Å². The Hall–Kier alpha value is -4.43. The van der Waals surface area contributed by atoms with E-state index in [1.54, 1.807) is 0 Å². The SMILES string of the molecule is NC(N)=NCCC[C@H]1N[C@@H](CNC(=O)c2ccc3ccccc3c2)CCN(CC(c2ccccc2)C2C=CC=CC2)C1=O. The first-order valence-electron chi connectivity index (χ1n) is 15.2. The number of nitrogens with zero attached hydrogens (tertiary/aromatic N) is 2. The van der Waals surface area contributed by atoms with E-state index in [1.165, 1.54) is 5.56 Å². The van der Waals surface area contributed by atoms with Gasteiger partial charge < -0.3 is 27.0 Å². The van der Waals surface area contributed by atoms with Gasteiger partial charge in [0.1, 0.15) is 0 Å². The molecule has 0 bridgehead atoms. The number of aliphatic imine (C=N–C) groups is 1. The van der Waals surface area contributed by atoms with Crippen molar-refractivity contribution in [2.45, 2.75) is 43.7 Å². The summed E-state index contributed by atoms with van der Waals surface area (Å²) in [4.78, 5) is 33.3. The highest BCUT2D eigenvalue weighted by atomic mass is 16.2.